The van der Waals surface area contributed by atoms with E-state index in [-0.39, 0.29) is 30.0 Å². The van der Waals surface area contributed by atoms with Crippen LogP contribution in [-0.2, 0) is 4.79 Å². The molecule has 2 aromatic rings. The summed E-state index contributed by atoms with van der Waals surface area (Å²) >= 11 is 0.865. The summed E-state index contributed by atoms with van der Waals surface area (Å²) in [5.74, 6) is 0.394. The molecule has 3 rings (SSSR count). The molecule has 1 heterocycles. The molecule has 0 saturated carbocycles. The van der Waals surface area contributed by atoms with E-state index in [2.05, 4.69) is 0 Å². The van der Waals surface area contributed by atoms with Crippen molar-refractivity contribution in [2.75, 3.05) is 13.2 Å². The van der Waals surface area contributed by atoms with Crippen LogP contribution in [-0.4, -0.2) is 34.3 Å². The summed E-state index contributed by atoms with van der Waals surface area (Å²) in [6, 6.07) is 14.2. The SMILES string of the molecule is Cc1ccc(OCCN2C(=O)SC(=Cc3ccccc3O)C2=O)cc1. The highest BCUT2D eigenvalue weighted by Crippen LogP contribution is 2.33. The zero-order valence-electron chi connectivity index (χ0n) is 13.6. The first-order chi connectivity index (χ1) is 12.0. The van der Waals surface area contributed by atoms with Crippen LogP contribution in [0.5, 0.6) is 11.5 Å². The van der Waals surface area contributed by atoms with Crippen molar-refractivity contribution < 1.29 is 19.4 Å². The second kappa shape index (κ2) is 7.44. The van der Waals surface area contributed by atoms with Crippen LogP contribution >= 0.6 is 11.8 Å². The minimum absolute atomic E-state index is 0.0667. The largest absolute Gasteiger partial charge is 0.507 e. The van der Waals surface area contributed by atoms with E-state index in [1.807, 2.05) is 31.2 Å². The van der Waals surface area contributed by atoms with Crippen LogP contribution in [0.15, 0.2) is 53.4 Å². The molecule has 0 spiro atoms. The smallest absolute Gasteiger partial charge is 0.293 e. The zero-order valence-corrected chi connectivity index (χ0v) is 14.5. The van der Waals surface area contributed by atoms with E-state index >= 15 is 0 Å². The van der Waals surface area contributed by atoms with Crippen LogP contribution in [0.3, 0.4) is 0 Å². The highest BCUT2D eigenvalue weighted by molar-refractivity contribution is 8.18. The van der Waals surface area contributed by atoms with Crippen molar-refractivity contribution in [1.29, 1.82) is 0 Å². The number of thioether (sulfide) groups is 1. The van der Waals surface area contributed by atoms with Gasteiger partial charge in [-0.3, -0.25) is 14.5 Å². The molecule has 25 heavy (non-hydrogen) atoms. The first-order valence-electron chi connectivity index (χ1n) is 7.77. The van der Waals surface area contributed by atoms with E-state index in [1.54, 1.807) is 18.2 Å². The molecule has 0 unspecified atom stereocenters. The van der Waals surface area contributed by atoms with Gasteiger partial charge in [-0.05, 0) is 43.0 Å². The zero-order chi connectivity index (χ0) is 17.8. The van der Waals surface area contributed by atoms with E-state index in [0.717, 1.165) is 22.2 Å². The van der Waals surface area contributed by atoms with Gasteiger partial charge >= 0.3 is 0 Å². The molecule has 128 valence electrons. The quantitative estimate of drug-likeness (QED) is 0.826. The summed E-state index contributed by atoms with van der Waals surface area (Å²) < 4.78 is 5.58. The fraction of sp³-hybridized carbons (Fsp3) is 0.158. The Balaban J connectivity index is 1.63. The standard InChI is InChI=1S/C19H17NO4S/c1-13-6-8-15(9-7-13)24-11-10-20-18(22)17(25-19(20)23)12-14-4-2-3-5-16(14)21/h2-9,12,21H,10-11H2,1H3. The Morgan fingerprint density at radius 1 is 1.12 bits per heavy atom. The van der Waals surface area contributed by atoms with Gasteiger partial charge in [-0.2, -0.15) is 0 Å². The van der Waals surface area contributed by atoms with Crippen molar-refractivity contribution in [2.45, 2.75) is 6.92 Å². The van der Waals surface area contributed by atoms with E-state index in [9.17, 15) is 14.7 Å². The third-order valence-corrected chi connectivity index (χ3v) is 4.61. The van der Waals surface area contributed by atoms with Gasteiger partial charge in [0, 0.05) is 5.56 Å². The maximum atomic E-state index is 12.4. The molecule has 0 aliphatic carbocycles. The average molecular weight is 355 g/mol. The predicted octanol–water partition coefficient (Wildman–Crippen LogP) is 3.82. The number of imide groups is 1. The third-order valence-electron chi connectivity index (χ3n) is 3.70. The van der Waals surface area contributed by atoms with Gasteiger partial charge in [-0.15, -0.1) is 0 Å². The summed E-state index contributed by atoms with van der Waals surface area (Å²) in [6.45, 7) is 2.39. The predicted molar refractivity (Wildman–Crippen MR) is 97.5 cm³/mol. The summed E-state index contributed by atoms with van der Waals surface area (Å²) in [5, 5.41) is 9.46. The number of phenolic OH excluding ortho intramolecular Hbond substituents is 1. The molecular formula is C19H17NO4S. The minimum Gasteiger partial charge on any atom is -0.507 e. The highest BCUT2D eigenvalue weighted by Gasteiger charge is 2.34. The molecule has 1 aliphatic rings. The molecule has 0 radical (unpaired) electrons. The molecule has 0 aromatic heterocycles. The maximum absolute atomic E-state index is 12.4. The number of amides is 2. The number of aromatic hydroxyl groups is 1. The number of carbonyl (C=O) groups is 2. The van der Waals surface area contributed by atoms with Crippen LogP contribution in [0.1, 0.15) is 11.1 Å². The number of aryl methyl sites for hydroxylation is 1. The molecule has 5 nitrogen and oxygen atoms in total. The lowest BCUT2D eigenvalue weighted by Gasteiger charge is -2.13. The van der Waals surface area contributed by atoms with E-state index in [4.69, 9.17) is 4.74 Å². The van der Waals surface area contributed by atoms with Gasteiger partial charge in [0.05, 0.1) is 11.4 Å². The van der Waals surface area contributed by atoms with Gasteiger partial charge < -0.3 is 9.84 Å². The van der Waals surface area contributed by atoms with Gasteiger partial charge in [0.15, 0.2) is 0 Å². The van der Waals surface area contributed by atoms with Gasteiger partial charge in [0.25, 0.3) is 11.1 Å². The first kappa shape index (κ1) is 17.1. The summed E-state index contributed by atoms with van der Waals surface area (Å²) in [4.78, 5) is 25.9. The second-order valence-corrected chi connectivity index (χ2v) is 6.55. The van der Waals surface area contributed by atoms with E-state index in [0.29, 0.717) is 16.2 Å². The molecule has 2 amide bonds. The average Bonchev–Trinajstić information content (AvgIpc) is 2.86. The van der Waals surface area contributed by atoms with Gasteiger partial charge in [-0.1, -0.05) is 35.9 Å². The Labute approximate surface area is 149 Å². The lowest BCUT2D eigenvalue weighted by molar-refractivity contribution is -0.123. The molecule has 1 N–H and O–H groups in total. The third kappa shape index (κ3) is 4.03. The van der Waals surface area contributed by atoms with Crippen molar-refractivity contribution in [1.82, 2.24) is 4.90 Å². The number of hydrogen-bond acceptors (Lipinski definition) is 5. The van der Waals surface area contributed by atoms with Crippen LogP contribution < -0.4 is 4.74 Å². The van der Waals surface area contributed by atoms with Gasteiger partial charge in [-0.25, -0.2) is 0 Å². The topological polar surface area (TPSA) is 66.8 Å². The maximum Gasteiger partial charge on any atom is 0.293 e. The Morgan fingerprint density at radius 2 is 1.84 bits per heavy atom. The molecule has 1 saturated heterocycles. The normalized spacial score (nSPS) is 15.9. The Kier molecular flexibility index (Phi) is 5.09. The van der Waals surface area contributed by atoms with Crippen LogP contribution in [0.4, 0.5) is 4.79 Å². The van der Waals surface area contributed by atoms with Crippen molar-refractivity contribution in [3.63, 3.8) is 0 Å². The van der Waals surface area contributed by atoms with Crippen molar-refractivity contribution in [3.05, 3.63) is 64.6 Å². The van der Waals surface area contributed by atoms with Crippen LogP contribution in [0, 0.1) is 6.92 Å². The van der Waals surface area contributed by atoms with Gasteiger partial charge in [0.1, 0.15) is 18.1 Å². The lowest BCUT2D eigenvalue weighted by atomic mass is 10.2. The summed E-state index contributed by atoms with van der Waals surface area (Å²) in [5.41, 5.74) is 1.64. The summed E-state index contributed by atoms with van der Waals surface area (Å²) in [7, 11) is 0. The molecular weight excluding hydrogens is 338 g/mol. The lowest BCUT2D eigenvalue weighted by Crippen LogP contribution is -2.32. The van der Waals surface area contributed by atoms with Crippen molar-refractivity contribution in [2.24, 2.45) is 0 Å². The molecule has 1 aliphatic heterocycles. The molecule has 1 fully saturated rings. The number of ether oxygens (including phenoxy) is 1. The first-order valence-corrected chi connectivity index (χ1v) is 8.59. The monoisotopic (exact) mass is 355 g/mol. The second-order valence-electron chi connectivity index (χ2n) is 5.55. The number of hydrogen-bond donors (Lipinski definition) is 1. The highest BCUT2D eigenvalue weighted by atomic mass is 32.2. The fourth-order valence-corrected chi connectivity index (χ4v) is 3.19. The van der Waals surface area contributed by atoms with Crippen LogP contribution in [0.25, 0.3) is 6.08 Å². The van der Waals surface area contributed by atoms with Gasteiger partial charge in [0.2, 0.25) is 0 Å². The van der Waals surface area contributed by atoms with Crippen molar-refractivity contribution in [3.8, 4) is 11.5 Å². The van der Waals surface area contributed by atoms with E-state index in [1.165, 1.54) is 12.1 Å². The minimum atomic E-state index is -0.370. The molecule has 6 heteroatoms. The fourth-order valence-electron chi connectivity index (χ4n) is 2.33. The van der Waals surface area contributed by atoms with E-state index < -0.39 is 0 Å². The Bertz CT molecular complexity index is 830. The molecule has 0 atom stereocenters. The number of rotatable bonds is 5. The number of nitrogens with zero attached hydrogens (tertiary/aromatic N) is 1. The number of para-hydroxylation sites is 1. The number of carbonyl (C=O) groups excluding carboxylic acids is 2. The van der Waals surface area contributed by atoms with Crippen molar-refractivity contribution >= 4 is 29.0 Å². The molecule has 0 bridgehead atoms. The number of phenols is 1. The number of benzene rings is 2. The Hall–Kier alpha value is -2.73. The van der Waals surface area contributed by atoms with Crippen LogP contribution in [0.2, 0.25) is 0 Å². The Morgan fingerprint density at radius 3 is 2.56 bits per heavy atom. The molecule has 2 aromatic carbocycles. The summed E-state index contributed by atoms with van der Waals surface area (Å²) in [6.07, 6.45) is 1.53.